The van der Waals surface area contributed by atoms with Gasteiger partial charge in [0.1, 0.15) is 5.76 Å². The molecule has 0 bridgehead atoms. The molecular weight excluding hydrogens is 344 g/mol. The van der Waals surface area contributed by atoms with Crippen molar-refractivity contribution in [2.45, 2.75) is 33.4 Å². The van der Waals surface area contributed by atoms with Crippen LogP contribution in [0, 0.1) is 13.8 Å². The van der Waals surface area contributed by atoms with Crippen molar-refractivity contribution in [1.82, 2.24) is 9.88 Å². The fourth-order valence-corrected chi connectivity index (χ4v) is 3.37. The van der Waals surface area contributed by atoms with Crippen molar-refractivity contribution in [2.75, 3.05) is 6.79 Å². The van der Waals surface area contributed by atoms with Crippen molar-refractivity contribution in [1.29, 1.82) is 0 Å². The topological polar surface area (TPSA) is 65.6 Å². The number of ether oxygens (including phenoxy) is 2. The Bertz CT molecular complexity index is 972. The molecular formula is C21H22N2O4. The molecule has 1 aromatic carbocycles. The predicted octanol–water partition coefficient (Wildman–Crippen LogP) is 3.97. The van der Waals surface area contributed by atoms with Crippen molar-refractivity contribution in [2.24, 2.45) is 0 Å². The Balaban J connectivity index is 1.51. The largest absolute Gasteiger partial charge is 0.467 e. The van der Waals surface area contributed by atoms with Crippen LogP contribution in [-0.2, 0) is 6.54 Å². The van der Waals surface area contributed by atoms with Crippen LogP contribution in [0.1, 0.15) is 46.0 Å². The first-order chi connectivity index (χ1) is 13.0. The van der Waals surface area contributed by atoms with Crippen molar-refractivity contribution in [3.8, 4) is 11.5 Å². The van der Waals surface area contributed by atoms with E-state index in [-0.39, 0.29) is 18.7 Å². The molecule has 0 saturated carbocycles. The lowest BCUT2D eigenvalue weighted by Crippen LogP contribution is -2.27. The number of rotatable bonds is 5. The highest BCUT2D eigenvalue weighted by Gasteiger charge is 2.20. The zero-order chi connectivity index (χ0) is 19.0. The summed E-state index contributed by atoms with van der Waals surface area (Å²) < 4.78 is 18.3. The van der Waals surface area contributed by atoms with Gasteiger partial charge in [-0.2, -0.15) is 0 Å². The summed E-state index contributed by atoms with van der Waals surface area (Å²) in [5.74, 6) is 2.21. The molecule has 1 N–H and O–H groups in total. The monoisotopic (exact) mass is 366 g/mol. The molecule has 6 nitrogen and oxygen atoms in total. The summed E-state index contributed by atoms with van der Waals surface area (Å²) in [6.07, 6.45) is 1.66. The minimum Gasteiger partial charge on any atom is -0.467 e. The molecule has 0 spiro atoms. The summed E-state index contributed by atoms with van der Waals surface area (Å²) >= 11 is 0. The SMILES string of the molecule is Cc1cc(C(=O)NC(C)c2ccc3c(c2)OCO3)c(C)n1Cc1ccco1. The molecule has 1 unspecified atom stereocenters. The van der Waals surface area contributed by atoms with Gasteiger partial charge in [0.15, 0.2) is 11.5 Å². The van der Waals surface area contributed by atoms with Crippen LogP contribution in [0.4, 0.5) is 0 Å². The number of fused-ring (bicyclic) bond motifs is 1. The minimum absolute atomic E-state index is 0.0982. The van der Waals surface area contributed by atoms with E-state index in [0.29, 0.717) is 17.9 Å². The molecule has 1 atom stereocenters. The highest BCUT2D eigenvalue weighted by molar-refractivity contribution is 5.96. The van der Waals surface area contributed by atoms with E-state index in [1.54, 1.807) is 6.26 Å². The molecule has 0 saturated heterocycles. The van der Waals surface area contributed by atoms with Crippen molar-refractivity contribution < 1.29 is 18.7 Å². The van der Waals surface area contributed by atoms with Gasteiger partial charge in [0.2, 0.25) is 6.79 Å². The third-order valence-electron chi connectivity index (χ3n) is 4.96. The van der Waals surface area contributed by atoms with Crippen LogP contribution in [-0.4, -0.2) is 17.3 Å². The molecule has 0 radical (unpaired) electrons. The molecule has 1 amide bonds. The molecule has 3 aromatic rings. The van der Waals surface area contributed by atoms with Crippen LogP contribution >= 0.6 is 0 Å². The third kappa shape index (κ3) is 3.30. The first kappa shape index (κ1) is 17.3. The van der Waals surface area contributed by atoms with Gasteiger partial charge in [-0.05, 0) is 56.7 Å². The summed E-state index contributed by atoms with van der Waals surface area (Å²) in [5, 5.41) is 3.07. The number of aromatic nitrogens is 1. The molecule has 140 valence electrons. The number of hydrogen-bond acceptors (Lipinski definition) is 4. The average Bonchev–Trinajstić information content (AvgIpc) is 3.38. The number of carbonyl (C=O) groups is 1. The van der Waals surface area contributed by atoms with Crippen LogP contribution < -0.4 is 14.8 Å². The Labute approximate surface area is 157 Å². The molecule has 4 rings (SSSR count). The number of hydrogen-bond donors (Lipinski definition) is 1. The fraction of sp³-hybridized carbons (Fsp3) is 0.286. The summed E-state index contributed by atoms with van der Waals surface area (Å²) in [4.78, 5) is 12.8. The van der Waals surface area contributed by atoms with E-state index in [0.717, 1.165) is 28.5 Å². The molecule has 3 heterocycles. The van der Waals surface area contributed by atoms with E-state index < -0.39 is 0 Å². The molecule has 0 fully saturated rings. The van der Waals surface area contributed by atoms with Crippen molar-refractivity contribution in [3.05, 3.63) is 70.9 Å². The second-order valence-electron chi connectivity index (χ2n) is 6.76. The van der Waals surface area contributed by atoms with Crippen LogP contribution in [0.15, 0.2) is 47.1 Å². The molecule has 0 aliphatic carbocycles. The number of aryl methyl sites for hydroxylation is 1. The van der Waals surface area contributed by atoms with Gasteiger partial charge in [-0.3, -0.25) is 4.79 Å². The Kier molecular flexibility index (Phi) is 4.39. The third-order valence-corrected chi connectivity index (χ3v) is 4.96. The van der Waals surface area contributed by atoms with Gasteiger partial charge in [-0.1, -0.05) is 6.07 Å². The summed E-state index contributed by atoms with van der Waals surface area (Å²) in [7, 11) is 0. The van der Waals surface area contributed by atoms with Gasteiger partial charge in [0, 0.05) is 11.4 Å². The smallest absolute Gasteiger partial charge is 0.253 e. The van der Waals surface area contributed by atoms with Crippen molar-refractivity contribution >= 4 is 5.91 Å². The highest BCUT2D eigenvalue weighted by atomic mass is 16.7. The summed E-state index contributed by atoms with van der Waals surface area (Å²) in [6, 6.07) is 11.3. The first-order valence-electron chi connectivity index (χ1n) is 8.92. The van der Waals surface area contributed by atoms with E-state index in [1.165, 1.54) is 0 Å². The van der Waals surface area contributed by atoms with Crippen LogP contribution in [0.5, 0.6) is 11.5 Å². The summed E-state index contributed by atoms with van der Waals surface area (Å²) in [6.45, 7) is 6.75. The van der Waals surface area contributed by atoms with Gasteiger partial charge in [-0.25, -0.2) is 0 Å². The van der Waals surface area contributed by atoms with Crippen LogP contribution in [0.3, 0.4) is 0 Å². The maximum absolute atomic E-state index is 12.8. The molecule has 1 aliphatic heterocycles. The lowest BCUT2D eigenvalue weighted by molar-refractivity contribution is 0.0939. The first-order valence-corrected chi connectivity index (χ1v) is 8.92. The fourth-order valence-electron chi connectivity index (χ4n) is 3.37. The van der Waals surface area contributed by atoms with Crippen LogP contribution in [0.25, 0.3) is 0 Å². The Morgan fingerprint density at radius 2 is 2.00 bits per heavy atom. The van der Waals surface area contributed by atoms with Gasteiger partial charge < -0.3 is 23.8 Å². The van der Waals surface area contributed by atoms with E-state index in [2.05, 4.69) is 9.88 Å². The van der Waals surface area contributed by atoms with Gasteiger partial charge in [0.05, 0.1) is 24.4 Å². The molecule has 6 heteroatoms. The Morgan fingerprint density at radius 1 is 1.19 bits per heavy atom. The maximum atomic E-state index is 12.8. The normalized spacial score (nSPS) is 13.6. The predicted molar refractivity (Wildman–Crippen MR) is 100 cm³/mol. The van der Waals surface area contributed by atoms with E-state index in [4.69, 9.17) is 13.9 Å². The highest BCUT2D eigenvalue weighted by Crippen LogP contribution is 2.34. The van der Waals surface area contributed by atoms with Crippen LogP contribution in [0.2, 0.25) is 0 Å². The standard InChI is InChI=1S/C21H22N2O4/c1-13-9-18(15(3)23(13)11-17-5-4-8-25-17)21(24)22-14(2)16-6-7-19-20(10-16)27-12-26-19/h4-10,14H,11-12H2,1-3H3,(H,22,24). The average molecular weight is 366 g/mol. The quantitative estimate of drug-likeness (QED) is 0.742. The summed E-state index contributed by atoms with van der Waals surface area (Å²) in [5.41, 5.74) is 3.58. The number of amides is 1. The zero-order valence-corrected chi connectivity index (χ0v) is 15.6. The second kappa shape index (κ2) is 6.87. The van der Waals surface area contributed by atoms with Gasteiger partial charge in [-0.15, -0.1) is 0 Å². The van der Waals surface area contributed by atoms with E-state index >= 15 is 0 Å². The van der Waals surface area contributed by atoms with E-state index in [9.17, 15) is 4.79 Å². The van der Waals surface area contributed by atoms with Gasteiger partial charge >= 0.3 is 0 Å². The number of nitrogens with one attached hydrogen (secondary N) is 1. The second-order valence-corrected chi connectivity index (χ2v) is 6.76. The Hall–Kier alpha value is -3.15. The minimum atomic E-state index is -0.153. The number of carbonyl (C=O) groups excluding carboxylic acids is 1. The maximum Gasteiger partial charge on any atom is 0.253 e. The van der Waals surface area contributed by atoms with E-state index in [1.807, 2.05) is 57.2 Å². The molecule has 1 aliphatic rings. The lowest BCUT2D eigenvalue weighted by Gasteiger charge is -2.15. The Morgan fingerprint density at radius 3 is 2.78 bits per heavy atom. The number of nitrogens with zero attached hydrogens (tertiary/aromatic N) is 1. The molecule has 2 aromatic heterocycles. The van der Waals surface area contributed by atoms with Gasteiger partial charge in [0.25, 0.3) is 5.91 Å². The lowest BCUT2D eigenvalue weighted by atomic mass is 10.1. The van der Waals surface area contributed by atoms with Crippen molar-refractivity contribution in [3.63, 3.8) is 0 Å². The molecule has 27 heavy (non-hydrogen) atoms. The number of benzene rings is 1. The zero-order valence-electron chi connectivity index (χ0n) is 15.6. The number of furan rings is 1.